The van der Waals surface area contributed by atoms with Crippen LogP contribution in [0.2, 0.25) is 0 Å². The van der Waals surface area contributed by atoms with Crippen LogP contribution in [-0.4, -0.2) is 54.8 Å². The van der Waals surface area contributed by atoms with Crippen LogP contribution in [0, 0.1) is 0 Å². The summed E-state index contributed by atoms with van der Waals surface area (Å²) in [6.45, 7) is 5.52. The van der Waals surface area contributed by atoms with E-state index in [2.05, 4.69) is 17.1 Å². The molecule has 2 amide bonds. The van der Waals surface area contributed by atoms with E-state index < -0.39 is 0 Å². The highest BCUT2D eigenvalue weighted by atomic mass is 16.2. The van der Waals surface area contributed by atoms with Crippen LogP contribution in [0.25, 0.3) is 0 Å². The van der Waals surface area contributed by atoms with Gasteiger partial charge in [0.2, 0.25) is 5.91 Å². The summed E-state index contributed by atoms with van der Waals surface area (Å²) in [6, 6.07) is 5.60. The average molecular weight is 289 g/mol. The van der Waals surface area contributed by atoms with Gasteiger partial charge in [0.25, 0.3) is 5.91 Å². The predicted molar refractivity (Wildman–Crippen MR) is 83.5 cm³/mol. The Bertz CT molecular complexity index is 554. The van der Waals surface area contributed by atoms with Gasteiger partial charge in [0.05, 0.1) is 6.42 Å². The first kappa shape index (κ1) is 15.5. The summed E-state index contributed by atoms with van der Waals surface area (Å²) in [7, 11) is 4.00. The number of carbonyl (C=O) groups excluding carboxylic acids is 2. The van der Waals surface area contributed by atoms with Gasteiger partial charge in [-0.2, -0.15) is 0 Å². The Kier molecular flexibility index (Phi) is 4.63. The molecule has 0 bridgehead atoms. The van der Waals surface area contributed by atoms with Gasteiger partial charge in [-0.25, -0.2) is 0 Å². The molecule has 0 saturated heterocycles. The summed E-state index contributed by atoms with van der Waals surface area (Å²) in [4.78, 5) is 28.0. The van der Waals surface area contributed by atoms with Crippen molar-refractivity contribution in [2.45, 2.75) is 26.3 Å². The Morgan fingerprint density at radius 2 is 2.10 bits per heavy atom. The molecule has 1 aliphatic heterocycles. The molecule has 0 aliphatic carbocycles. The Balaban J connectivity index is 2.18. The van der Waals surface area contributed by atoms with Gasteiger partial charge in [-0.3, -0.25) is 9.59 Å². The minimum Gasteiger partial charge on any atom is -0.335 e. The number of likely N-dealkylation sites (N-methyl/N-ethyl adjacent to an activating group) is 2. The summed E-state index contributed by atoms with van der Waals surface area (Å²) in [5.74, 6) is -0.00118. The molecule has 1 heterocycles. The molecule has 1 aromatic carbocycles. The Morgan fingerprint density at radius 3 is 2.71 bits per heavy atom. The van der Waals surface area contributed by atoms with E-state index in [1.54, 1.807) is 6.07 Å². The lowest BCUT2D eigenvalue weighted by molar-refractivity contribution is -0.115. The quantitative estimate of drug-likeness (QED) is 0.895. The molecule has 21 heavy (non-hydrogen) atoms. The molecule has 5 heteroatoms. The van der Waals surface area contributed by atoms with Crippen LogP contribution in [0.4, 0.5) is 5.69 Å². The number of nitrogens with zero attached hydrogens (tertiary/aromatic N) is 2. The van der Waals surface area contributed by atoms with Crippen molar-refractivity contribution < 1.29 is 9.59 Å². The molecule has 1 aliphatic rings. The molecule has 0 radical (unpaired) electrons. The van der Waals surface area contributed by atoms with E-state index in [1.165, 1.54) is 0 Å². The smallest absolute Gasteiger partial charge is 0.254 e. The third-order valence-corrected chi connectivity index (χ3v) is 3.74. The number of benzene rings is 1. The number of fused-ring (bicyclic) bond motifs is 1. The number of carbonyl (C=O) groups is 2. The first-order chi connectivity index (χ1) is 9.92. The monoisotopic (exact) mass is 289 g/mol. The highest BCUT2D eigenvalue weighted by Crippen LogP contribution is 2.25. The lowest BCUT2D eigenvalue weighted by Crippen LogP contribution is -2.43. The maximum Gasteiger partial charge on any atom is 0.254 e. The molecule has 0 fully saturated rings. The number of hydrogen-bond donors (Lipinski definition) is 1. The second-order valence-electron chi connectivity index (χ2n) is 5.80. The van der Waals surface area contributed by atoms with Gasteiger partial charge in [-0.15, -0.1) is 0 Å². The van der Waals surface area contributed by atoms with Crippen molar-refractivity contribution in [2.75, 3.05) is 32.5 Å². The summed E-state index contributed by atoms with van der Waals surface area (Å²) in [5, 5.41) is 2.79. The maximum atomic E-state index is 12.7. The minimum absolute atomic E-state index is 0.01000. The van der Waals surface area contributed by atoms with E-state index in [-0.39, 0.29) is 17.9 Å². The molecule has 2 rings (SSSR count). The van der Waals surface area contributed by atoms with Crippen LogP contribution >= 0.6 is 0 Å². The van der Waals surface area contributed by atoms with E-state index in [9.17, 15) is 9.59 Å². The van der Waals surface area contributed by atoms with Crippen LogP contribution < -0.4 is 5.32 Å². The van der Waals surface area contributed by atoms with E-state index in [0.29, 0.717) is 18.5 Å². The van der Waals surface area contributed by atoms with E-state index in [1.807, 2.05) is 38.1 Å². The standard InChI is InChI=1S/C16H23N3O2/c1-5-19(11(2)10-18(3)4)16(21)13-7-6-12-9-15(20)17-14(12)8-13/h6-8,11H,5,9-10H2,1-4H3,(H,17,20). The SMILES string of the molecule is CCN(C(=O)c1ccc2c(c1)NC(=O)C2)C(C)CN(C)C. The summed E-state index contributed by atoms with van der Waals surface area (Å²) >= 11 is 0. The fourth-order valence-corrected chi connectivity index (χ4v) is 2.80. The summed E-state index contributed by atoms with van der Waals surface area (Å²) in [5.41, 5.74) is 2.35. The highest BCUT2D eigenvalue weighted by Gasteiger charge is 2.23. The van der Waals surface area contributed by atoms with Crippen LogP contribution in [0.3, 0.4) is 0 Å². The molecule has 0 spiro atoms. The van der Waals surface area contributed by atoms with Crippen molar-refractivity contribution in [1.29, 1.82) is 0 Å². The van der Waals surface area contributed by atoms with Gasteiger partial charge in [0.1, 0.15) is 0 Å². The van der Waals surface area contributed by atoms with Crippen molar-refractivity contribution in [3.05, 3.63) is 29.3 Å². The molecule has 0 saturated carbocycles. The van der Waals surface area contributed by atoms with E-state index in [0.717, 1.165) is 17.8 Å². The normalized spacial score (nSPS) is 14.8. The second-order valence-corrected chi connectivity index (χ2v) is 5.80. The third-order valence-electron chi connectivity index (χ3n) is 3.74. The van der Waals surface area contributed by atoms with E-state index in [4.69, 9.17) is 0 Å². The van der Waals surface area contributed by atoms with Crippen molar-refractivity contribution in [1.82, 2.24) is 9.80 Å². The first-order valence-corrected chi connectivity index (χ1v) is 7.30. The predicted octanol–water partition coefficient (Wildman–Crippen LogP) is 1.59. The van der Waals surface area contributed by atoms with Crippen LogP contribution in [0.1, 0.15) is 29.8 Å². The van der Waals surface area contributed by atoms with Crippen LogP contribution in [-0.2, 0) is 11.2 Å². The van der Waals surface area contributed by atoms with Gasteiger partial charge < -0.3 is 15.1 Å². The molecular weight excluding hydrogens is 266 g/mol. The van der Waals surface area contributed by atoms with E-state index >= 15 is 0 Å². The molecule has 1 aromatic rings. The Labute approximate surface area is 125 Å². The van der Waals surface area contributed by atoms with Gasteiger partial charge in [-0.05, 0) is 45.6 Å². The Morgan fingerprint density at radius 1 is 1.38 bits per heavy atom. The third kappa shape index (κ3) is 3.42. The number of hydrogen-bond acceptors (Lipinski definition) is 3. The van der Waals surface area contributed by atoms with Crippen molar-refractivity contribution in [3.63, 3.8) is 0 Å². The fraction of sp³-hybridized carbons (Fsp3) is 0.500. The van der Waals surface area contributed by atoms with Crippen molar-refractivity contribution in [3.8, 4) is 0 Å². The molecule has 1 unspecified atom stereocenters. The lowest BCUT2D eigenvalue weighted by Gasteiger charge is -2.30. The zero-order chi connectivity index (χ0) is 15.6. The molecule has 0 aromatic heterocycles. The van der Waals surface area contributed by atoms with Gasteiger partial charge in [-0.1, -0.05) is 6.07 Å². The zero-order valence-corrected chi connectivity index (χ0v) is 13.1. The number of nitrogens with one attached hydrogen (secondary N) is 1. The molecule has 1 atom stereocenters. The van der Waals surface area contributed by atoms with Crippen molar-refractivity contribution in [2.24, 2.45) is 0 Å². The highest BCUT2D eigenvalue weighted by molar-refractivity contribution is 6.02. The topological polar surface area (TPSA) is 52.7 Å². The molecule has 1 N–H and O–H groups in total. The lowest BCUT2D eigenvalue weighted by atomic mass is 10.1. The molecule has 114 valence electrons. The first-order valence-electron chi connectivity index (χ1n) is 7.30. The summed E-state index contributed by atoms with van der Waals surface area (Å²) < 4.78 is 0. The van der Waals surface area contributed by atoms with Crippen molar-refractivity contribution >= 4 is 17.5 Å². The van der Waals surface area contributed by atoms with Crippen LogP contribution in [0.5, 0.6) is 0 Å². The number of amides is 2. The fourth-order valence-electron chi connectivity index (χ4n) is 2.80. The average Bonchev–Trinajstić information content (AvgIpc) is 2.77. The van der Waals surface area contributed by atoms with Crippen LogP contribution in [0.15, 0.2) is 18.2 Å². The Hall–Kier alpha value is -1.88. The zero-order valence-electron chi connectivity index (χ0n) is 13.1. The second kappa shape index (κ2) is 6.26. The largest absolute Gasteiger partial charge is 0.335 e. The number of rotatable bonds is 5. The molecule has 5 nitrogen and oxygen atoms in total. The molecular formula is C16H23N3O2. The number of anilines is 1. The van der Waals surface area contributed by atoms with Gasteiger partial charge in [0, 0.05) is 30.4 Å². The summed E-state index contributed by atoms with van der Waals surface area (Å²) in [6.07, 6.45) is 0.401. The minimum atomic E-state index is -0.0112. The maximum absolute atomic E-state index is 12.7. The van der Waals surface area contributed by atoms with Gasteiger partial charge in [0.15, 0.2) is 0 Å². The van der Waals surface area contributed by atoms with Gasteiger partial charge >= 0.3 is 0 Å².